The minimum Gasteiger partial charge on any atom is -0.489 e. The summed E-state index contributed by atoms with van der Waals surface area (Å²) in [4.78, 5) is 24.4. The lowest BCUT2D eigenvalue weighted by Gasteiger charge is -2.16. The molecule has 2 aromatic carbocycles. The molecule has 0 aliphatic rings. The van der Waals surface area contributed by atoms with Gasteiger partial charge in [-0.05, 0) is 23.3 Å². The zero-order valence-electron chi connectivity index (χ0n) is 15.7. The fourth-order valence-corrected chi connectivity index (χ4v) is 2.88. The van der Waals surface area contributed by atoms with Crippen LogP contribution in [0.4, 0.5) is 5.82 Å². The molecule has 0 saturated carbocycles. The van der Waals surface area contributed by atoms with Crippen molar-refractivity contribution in [1.82, 2.24) is 9.13 Å². The first kappa shape index (κ1) is 19.0. The minimum absolute atomic E-state index is 0.0948. The molecule has 0 unspecified atom stereocenters. The molecule has 0 bridgehead atoms. The molecule has 1 heterocycles. The van der Waals surface area contributed by atoms with Gasteiger partial charge in [-0.1, -0.05) is 42.5 Å². The second kappa shape index (κ2) is 8.27. The first-order valence-electron chi connectivity index (χ1n) is 8.71. The summed E-state index contributed by atoms with van der Waals surface area (Å²) in [5, 5.41) is 12.4. The Bertz CT molecular complexity index is 1140. The van der Waals surface area contributed by atoms with Crippen LogP contribution in [0.5, 0.6) is 5.75 Å². The van der Waals surface area contributed by atoms with Crippen LogP contribution < -0.4 is 21.3 Å². The van der Waals surface area contributed by atoms with Gasteiger partial charge in [0.2, 0.25) is 0 Å². The van der Waals surface area contributed by atoms with Crippen LogP contribution in [-0.2, 0) is 27.2 Å². The van der Waals surface area contributed by atoms with Crippen LogP contribution in [0.25, 0.3) is 0 Å². The average Bonchev–Trinajstić information content (AvgIpc) is 2.73. The lowest BCUT2D eigenvalue weighted by atomic mass is 10.1. The van der Waals surface area contributed by atoms with E-state index in [1.165, 1.54) is 18.7 Å². The zero-order chi connectivity index (χ0) is 20.1. The number of nitrogens with zero attached hydrogens (tertiary/aromatic N) is 3. The fraction of sp³-hybridized carbons (Fsp3) is 0.190. The normalized spacial score (nSPS) is 10.3. The fourth-order valence-electron chi connectivity index (χ4n) is 2.88. The Morgan fingerprint density at radius 1 is 0.964 bits per heavy atom. The number of hydrogen-bond acceptors (Lipinski definition) is 5. The van der Waals surface area contributed by atoms with Gasteiger partial charge in [-0.2, -0.15) is 5.26 Å². The standard InChI is InChI=1S/C21H20N4O3/c1-24-19(18(12-22)20(26)25(2)21(24)27)23-13-15-8-6-7-9-16(15)14-28-17-10-4-3-5-11-17/h3-11,23H,13-14H2,1-2H3. The van der Waals surface area contributed by atoms with Crippen molar-refractivity contribution in [3.05, 3.63) is 92.1 Å². The number of nitrogens with one attached hydrogen (secondary N) is 1. The Hall–Kier alpha value is -3.79. The summed E-state index contributed by atoms with van der Waals surface area (Å²) in [6.45, 7) is 0.714. The monoisotopic (exact) mass is 376 g/mol. The summed E-state index contributed by atoms with van der Waals surface area (Å²) in [6.07, 6.45) is 0. The molecule has 0 saturated heterocycles. The highest BCUT2D eigenvalue weighted by Crippen LogP contribution is 2.16. The maximum Gasteiger partial charge on any atom is 0.332 e. The second-order valence-corrected chi connectivity index (χ2v) is 6.27. The van der Waals surface area contributed by atoms with Crippen molar-refractivity contribution >= 4 is 5.82 Å². The van der Waals surface area contributed by atoms with Gasteiger partial charge in [-0.15, -0.1) is 0 Å². The molecule has 0 spiro atoms. The molecule has 0 amide bonds. The molecule has 1 aromatic heterocycles. The Balaban J connectivity index is 1.84. The summed E-state index contributed by atoms with van der Waals surface area (Å²) in [5.41, 5.74) is 0.699. The summed E-state index contributed by atoms with van der Waals surface area (Å²) < 4.78 is 8.01. The summed E-state index contributed by atoms with van der Waals surface area (Å²) in [6, 6.07) is 19.1. The number of rotatable bonds is 6. The predicted molar refractivity (Wildman–Crippen MR) is 106 cm³/mol. The molecule has 142 valence electrons. The third-order valence-electron chi connectivity index (χ3n) is 4.48. The van der Waals surface area contributed by atoms with Gasteiger partial charge in [0.05, 0.1) is 0 Å². The number of hydrogen-bond donors (Lipinski definition) is 1. The molecule has 3 rings (SSSR count). The van der Waals surface area contributed by atoms with E-state index in [0.29, 0.717) is 13.2 Å². The van der Waals surface area contributed by atoms with Crippen molar-refractivity contribution in [2.45, 2.75) is 13.2 Å². The Kier molecular flexibility index (Phi) is 5.61. The van der Waals surface area contributed by atoms with E-state index >= 15 is 0 Å². The van der Waals surface area contributed by atoms with E-state index in [1.54, 1.807) is 0 Å². The zero-order valence-corrected chi connectivity index (χ0v) is 15.7. The molecule has 7 heteroatoms. The van der Waals surface area contributed by atoms with Crippen LogP contribution in [0.2, 0.25) is 0 Å². The number of ether oxygens (including phenoxy) is 1. The van der Waals surface area contributed by atoms with Gasteiger partial charge in [0.25, 0.3) is 5.56 Å². The smallest absolute Gasteiger partial charge is 0.332 e. The van der Waals surface area contributed by atoms with Crippen LogP contribution in [0.1, 0.15) is 16.7 Å². The van der Waals surface area contributed by atoms with Gasteiger partial charge in [0, 0.05) is 20.6 Å². The molecule has 28 heavy (non-hydrogen) atoms. The van der Waals surface area contributed by atoms with Gasteiger partial charge in [-0.3, -0.25) is 13.9 Å². The van der Waals surface area contributed by atoms with Crippen molar-refractivity contribution in [2.75, 3.05) is 5.32 Å². The second-order valence-electron chi connectivity index (χ2n) is 6.27. The van der Waals surface area contributed by atoms with Crippen molar-refractivity contribution in [3.63, 3.8) is 0 Å². The van der Waals surface area contributed by atoms with Crippen molar-refractivity contribution < 1.29 is 4.74 Å². The van der Waals surface area contributed by atoms with Crippen molar-refractivity contribution in [3.8, 4) is 11.8 Å². The van der Waals surface area contributed by atoms with Gasteiger partial charge in [0.1, 0.15) is 24.2 Å². The number of benzene rings is 2. The van der Waals surface area contributed by atoms with E-state index in [1.807, 2.05) is 60.7 Å². The van der Waals surface area contributed by atoms with Crippen LogP contribution >= 0.6 is 0 Å². The number of anilines is 1. The van der Waals surface area contributed by atoms with Gasteiger partial charge >= 0.3 is 5.69 Å². The molecule has 0 aliphatic carbocycles. The van der Waals surface area contributed by atoms with Crippen molar-refractivity contribution in [1.29, 1.82) is 5.26 Å². The van der Waals surface area contributed by atoms with Crippen LogP contribution in [0.3, 0.4) is 0 Å². The highest BCUT2D eigenvalue weighted by Gasteiger charge is 2.15. The first-order chi connectivity index (χ1) is 13.5. The van der Waals surface area contributed by atoms with E-state index in [2.05, 4.69) is 5.32 Å². The number of para-hydroxylation sites is 1. The molecule has 0 fully saturated rings. The molecule has 3 aromatic rings. The number of aromatic nitrogens is 2. The molecular formula is C21H20N4O3. The average molecular weight is 376 g/mol. The van der Waals surface area contributed by atoms with Crippen LogP contribution in [0, 0.1) is 11.3 Å². The molecule has 7 nitrogen and oxygen atoms in total. The maximum atomic E-state index is 12.2. The van der Waals surface area contributed by atoms with Gasteiger partial charge in [0.15, 0.2) is 5.56 Å². The summed E-state index contributed by atoms with van der Waals surface area (Å²) in [5.74, 6) is 0.973. The van der Waals surface area contributed by atoms with E-state index in [9.17, 15) is 14.9 Å². The van der Waals surface area contributed by atoms with Crippen LogP contribution in [0.15, 0.2) is 64.2 Å². The summed E-state index contributed by atoms with van der Waals surface area (Å²) >= 11 is 0. The van der Waals surface area contributed by atoms with E-state index in [0.717, 1.165) is 21.4 Å². The van der Waals surface area contributed by atoms with Gasteiger partial charge < -0.3 is 10.1 Å². The highest BCUT2D eigenvalue weighted by atomic mass is 16.5. The SMILES string of the molecule is Cn1c(NCc2ccccc2COc2ccccc2)c(C#N)c(=O)n(C)c1=O. The topological polar surface area (TPSA) is 89.1 Å². The molecule has 0 aliphatic heterocycles. The van der Waals surface area contributed by atoms with Crippen LogP contribution in [-0.4, -0.2) is 9.13 Å². The summed E-state index contributed by atoms with van der Waals surface area (Å²) in [7, 11) is 2.88. The Morgan fingerprint density at radius 3 is 2.29 bits per heavy atom. The van der Waals surface area contributed by atoms with Crippen molar-refractivity contribution in [2.24, 2.45) is 14.1 Å². The number of nitriles is 1. The molecule has 0 atom stereocenters. The Morgan fingerprint density at radius 2 is 1.61 bits per heavy atom. The Labute approximate surface area is 162 Å². The maximum absolute atomic E-state index is 12.2. The lowest BCUT2D eigenvalue weighted by molar-refractivity contribution is 0.305. The third-order valence-corrected chi connectivity index (χ3v) is 4.48. The first-order valence-corrected chi connectivity index (χ1v) is 8.71. The molecule has 0 radical (unpaired) electrons. The predicted octanol–water partition coefficient (Wildman–Crippen LogP) is 2.15. The van der Waals surface area contributed by atoms with E-state index in [-0.39, 0.29) is 11.4 Å². The van der Waals surface area contributed by atoms with E-state index in [4.69, 9.17) is 4.74 Å². The van der Waals surface area contributed by atoms with Gasteiger partial charge in [-0.25, -0.2) is 4.79 Å². The largest absolute Gasteiger partial charge is 0.489 e. The molecular weight excluding hydrogens is 356 g/mol. The molecule has 1 N–H and O–H groups in total. The minimum atomic E-state index is -0.617. The lowest BCUT2D eigenvalue weighted by Crippen LogP contribution is -2.39. The highest BCUT2D eigenvalue weighted by molar-refractivity contribution is 5.51. The van der Waals surface area contributed by atoms with E-state index < -0.39 is 11.2 Å². The quantitative estimate of drug-likeness (QED) is 0.712. The third kappa shape index (κ3) is 3.81.